The van der Waals surface area contributed by atoms with Crippen LogP contribution in [0.3, 0.4) is 0 Å². The van der Waals surface area contributed by atoms with Crippen molar-refractivity contribution < 1.29 is 19.2 Å². The van der Waals surface area contributed by atoms with Crippen LogP contribution in [-0.2, 0) is 9.53 Å². The number of piperazine rings is 1. The Balaban J connectivity index is 1.90. The van der Waals surface area contributed by atoms with Crippen molar-refractivity contribution in [3.8, 4) is 0 Å². The van der Waals surface area contributed by atoms with Crippen molar-refractivity contribution in [2.45, 2.75) is 6.92 Å². The van der Waals surface area contributed by atoms with E-state index >= 15 is 0 Å². The van der Waals surface area contributed by atoms with E-state index in [2.05, 4.69) is 0 Å². The van der Waals surface area contributed by atoms with Crippen molar-refractivity contribution in [1.82, 2.24) is 9.80 Å². The standard InChI is InChI=1S/C16H19N3O5/c1-2-24-16(21)18-10-8-17(9-11-18)15(20)7-6-13-4-3-5-14(12-13)19(22)23/h3-7,12H,2,8-11H2,1H3/b7-6+. The summed E-state index contributed by atoms with van der Waals surface area (Å²) in [6.45, 7) is 3.78. The van der Waals surface area contributed by atoms with Gasteiger partial charge in [-0.15, -0.1) is 0 Å². The van der Waals surface area contributed by atoms with E-state index in [0.717, 1.165) is 0 Å². The van der Waals surface area contributed by atoms with Crippen molar-refractivity contribution in [3.63, 3.8) is 0 Å². The van der Waals surface area contributed by atoms with Crippen LogP contribution in [0.4, 0.5) is 10.5 Å². The Morgan fingerprint density at radius 2 is 1.92 bits per heavy atom. The van der Waals surface area contributed by atoms with E-state index in [-0.39, 0.29) is 17.7 Å². The smallest absolute Gasteiger partial charge is 0.409 e. The second kappa shape index (κ2) is 8.09. The summed E-state index contributed by atoms with van der Waals surface area (Å²) >= 11 is 0. The predicted octanol–water partition coefficient (Wildman–Crippen LogP) is 1.91. The average Bonchev–Trinajstić information content (AvgIpc) is 2.60. The largest absolute Gasteiger partial charge is 0.450 e. The third kappa shape index (κ3) is 4.55. The number of benzene rings is 1. The van der Waals surface area contributed by atoms with E-state index in [1.807, 2.05) is 0 Å². The molecule has 8 nitrogen and oxygen atoms in total. The van der Waals surface area contributed by atoms with Crippen molar-refractivity contribution in [3.05, 3.63) is 46.0 Å². The lowest BCUT2D eigenvalue weighted by Gasteiger charge is -2.33. The second-order valence-corrected chi connectivity index (χ2v) is 5.20. The maximum atomic E-state index is 12.2. The molecule has 2 amide bonds. The number of nitro benzene ring substituents is 1. The molecule has 24 heavy (non-hydrogen) atoms. The van der Waals surface area contributed by atoms with E-state index in [0.29, 0.717) is 38.3 Å². The summed E-state index contributed by atoms with van der Waals surface area (Å²) in [7, 11) is 0. The highest BCUT2D eigenvalue weighted by molar-refractivity contribution is 5.92. The van der Waals surface area contributed by atoms with Crippen LogP contribution in [0.1, 0.15) is 12.5 Å². The third-order valence-electron chi connectivity index (χ3n) is 3.62. The molecule has 1 aliphatic rings. The number of non-ortho nitro benzene ring substituents is 1. The summed E-state index contributed by atoms with van der Waals surface area (Å²) in [6, 6.07) is 6.06. The molecule has 1 saturated heterocycles. The summed E-state index contributed by atoms with van der Waals surface area (Å²) < 4.78 is 4.93. The normalized spacial score (nSPS) is 14.7. The monoisotopic (exact) mass is 333 g/mol. The van der Waals surface area contributed by atoms with Gasteiger partial charge in [-0.1, -0.05) is 12.1 Å². The molecule has 0 atom stereocenters. The first kappa shape index (κ1) is 17.5. The Kier molecular flexibility index (Phi) is 5.89. The molecule has 0 bridgehead atoms. The predicted molar refractivity (Wildman–Crippen MR) is 87.3 cm³/mol. The van der Waals surface area contributed by atoms with E-state index in [4.69, 9.17) is 4.74 Å². The van der Waals surface area contributed by atoms with Gasteiger partial charge in [0.2, 0.25) is 5.91 Å². The molecule has 0 saturated carbocycles. The number of rotatable bonds is 4. The molecule has 0 aliphatic carbocycles. The Bertz CT molecular complexity index is 651. The van der Waals surface area contributed by atoms with Crippen molar-refractivity contribution >= 4 is 23.8 Å². The maximum Gasteiger partial charge on any atom is 0.409 e. The van der Waals surface area contributed by atoms with Gasteiger partial charge >= 0.3 is 6.09 Å². The summed E-state index contributed by atoms with van der Waals surface area (Å²) in [4.78, 5) is 37.2. The quantitative estimate of drug-likeness (QED) is 0.477. The molecule has 1 aromatic rings. The van der Waals surface area contributed by atoms with Crippen LogP contribution in [0.25, 0.3) is 6.08 Å². The lowest BCUT2D eigenvalue weighted by molar-refractivity contribution is -0.384. The zero-order chi connectivity index (χ0) is 17.5. The molecule has 0 spiro atoms. The molecular formula is C16H19N3O5. The van der Waals surface area contributed by atoms with Gasteiger partial charge in [-0.05, 0) is 18.6 Å². The Hall–Kier alpha value is -2.90. The first-order valence-corrected chi connectivity index (χ1v) is 7.64. The molecule has 128 valence electrons. The topological polar surface area (TPSA) is 93.0 Å². The molecular weight excluding hydrogens is 314 g/mol. The number of nitrogens with zero attached hydrogens (tertiary/aromatic N) is 3. The van der Waals surface area contributed by atoms with Crippen molar-refractivity contribution in [2.24, 2.45) is 0 Å². The van der Waals surface area contributed by atoms with E-state index in [1.165, 1.54) is 18.2 Å². The van der Waals surface area contributed by atoms with Crippen LogP contribution in [-0.4, -0.2) is 59.5 Å². The minimum Gasteiger partial charge on any atom is -0.450 e. The van der Waals surface area contributed by atoms with Gasteiger partial charge < -0.3 is 14.5 Å². The highest BCUT2D eigenvalue weighted by Gasteiger charge is 2.23. The van der Waals surface area contributed by atoms with Crippen LogP contribution >= 0.6 is 0 Å². The van der Waals surface area contributed by atoms with Gasteiger partial charge in [0.1, 0.15) is 0 Å². The zero-order valence-corrected chi connectivity index (χ0v) is 13.4. The first-order valence-electron chi connectivity index (χ1n) is 7.64. The Morgan fingerprint density at radius 3 is 2.54 bits per heavy atom. The third-order valence-corrected chi connectivity index (χ3v) is 3.62. The van der Waals surface area contributed by atoms with Gasteiger partial charge in [-0.25, -0.2) is 4.79 Å². The van der Waals surface area contributed by atoms with Crippen molar-refractivity contribution in [2.75, 3.05) is 32.8 Å². The molecule has 1 aromatic carbocycles. The molecule has 0 aromatic heterocycles. The van der Waals surface area contributed by atoms with Crippen LogP contribution in [0.5, 0.6) is 0 Å². The average molecular weight is 333 g/mol. The number of hydrogen-bond acceptors (Lipinski definition) is 5. The SMILES string of the molecule is CCOC(=O)N1CCN(C(=O)/C=C/c2cccc([N+](=O)[O-])c2)CC1. The Labute approximate surface area is 139 Å². The summed E-state index contributed by atoms with van der Waals surface area (Å²) in [5.74, 6) is -0.190. The number of hydrogen-bond donors (Lipinski definition) is 0. The number of carbonyl (C=O) groups is 2. The van der Waals surface area contributed by atoms with Gasteiger partial charge in [0.05, 0.1) is 11.5 Å². The van der Waals surface area contributed by atoms with E-state index in [1.54, 1.807) is 34.9 Å². The molecule has 0 unspecified atom stereocenters. The van der Waals surface area contributed by atoms with Crippen LogP contribution in [0.2, 0.25) is 0 Å². The minimum absolute atomic E-state index is 0.0207. The van der Waals surface area contributed by atoms with Gasteiger partial charge in [0.25, 0.3) is 5.69 Å². The lowest BCUT2D eigenvalue weighted by atomic mass is 10.2. The van der Waals surface area contributed by atoms with E-state index < -0.39 is 4.92 Å². The highest BCUT2D eigenvalue weighted by atomic mass is 16.6. The minimum atomic E-state index is -0.478. The van der Waals surface area contributed by atoms with Gasteiger partial charge in [0.15, 0.2) is 0 Å². The first-order chi connectivity index (χ1) is 11.5. The van der Waals surface area contributed by atoms with Crippen LogP contribution in [0, 0.1) is 10.1 Å². The maximum absolute atomic E-state index is 12.2. The number of amides is 2. The molecule has 0 radical (unpaired) electrons. The van der Waals surface area contributed by atoms with Crippen LogP contribution in [0.15, 0.2) is 30.3 Å². The second-order valence-electron chi connectivity index (χ2n) is 5.20. The molecule has 1 fully saturated rings. The fourth-order valence-corrected chi connectivity index (χ4v) is 2.34. The number of ether oxygens (including phenoxy) is 1. The van der Waals surface area contributed by atoms with Gasteiger partial charge in [-0.2, -0.15) is 0 Å². The fraction of sp³-hybridized carbons (Fsp3) is 0.375. The number of nitro groups is 1. The van der Waals surface area contributed by atoms with Crippen molar-refractivity contribution in [1.29, 1.82) is 0 Å². The van der Waals surface area contributed by atoms with Gasteiger partial charge in [0, 0.05) is 44.4 Å². The molecule has 8 heteroatoms. The summed E-state index contributed by atoms with van der Waals surface area (Å²) in [5, 5.41) is 10.7. The molecule has 1 aliphatic heterocycles. The van der Waals surface area contributed by atoms with E-state index in [9.17, 15) is 19.7 Å². The highest BCUT2D eigenvalue weighted by Crippen LogP contribution is 2.14. The zero-order valence-electron chi connectivity index (χ0n) is 13.4. The Morgan fingerprint density at radius 1 is 1.25 bits per heavy atom. The van der Waals surface area contributed by atoms with Crippen LogP contribution < -0.4 is 0 Å². The molecule has 0 N–H and O–H groups in total. The molecule has 2 rings (SSSR count). The summed E-state index contributed by atoms with van der Waals surface area (Å²) in [6.07, 6.45) is 2.57. The summed E-state index contributed by atoms with van der Waals surface area (Å²) in [5.41, 5.74) is 0.565. The number of carbonyl (C=O) groups excluding carboxylic acids is 2. The van der Waals surface area contributed by atoms with Gasteiger partial charge in [-0.3, -0.25) is 14.9 Å². The molecule has 1 heterocycles. The fourth-order valence-electron chi connectivity index (χ4n) is 2.34. The lowest BCUT2D eigenvalue weighted by Crippen LogP contribution is -2.50.